The largest absolute Gasteiger partial charge is 1.00 e. The van der Waals surface area contributed by atoms with Gasteiger partial charge >= 0.3 is 29.6 Å². The fraction of sp³-hybridized carbons (Fsp3) is 1.00. The van der Waals surface area contributed by atoms with Crippen LogP contribution < -0.4 is 29.6 Å². The van der Waals surface area contributed by atoms with E-state index in [1.807, 2.05) is 0 Å². The molecule has 0 saturated heterocycles. The molecule has 0 N–H and O–H groups in total. The zero-order valence-corrected chi connectivity index (χ0v) is 10.9. The van der Waals surface area contributed by atoms with E-state index in [0.717, 1.165) is 12.8 Å². The summed E-state index contributed by atoms with van der Waals surface area (Å²) in [5.74, 6) is 0.379. The number of unbranched alkanes of at least 4 members (excludes halogenated alkanes) is 1. The van der Waals surface area contributed by atoms with Gasteiger partial charge in [-0.2, -0.15) is 0 Å². The van der Waals surface area contributed by atoms with E-state index in [1.54, 1.807) is 0 Å². The minimum absolute atomic E-state index is 0. The van der Waals surface area contributed by atoms with Crippen LogP contribution in [0.3, 0.4) is 0 Å². The summed E-state index contributed by atoms with van der Waals surface area (Å²) < 4.78 is 30.4. The Morgan fingerprint density at radius 1 is 1.25 bits per heavy atom. The van der Waals surface area contributed by atoms with E-state index in [1.165, 1.54) is 0 Å². The maximum absolute atomic E-state index is 10.1. The van der Waals surface area contributed by atoms with Crippen LogP contribution in [0.2, 0.25) is 0 Å². The standard InChI is InChI=1S/C7H16O3S.Na/c1-7(2)5-3-4-6-11(8,9)10;/h7H,3-6H2,1-2H3,(H,8,9,10);/q;+1/p-1. The van der Waals surface area contributed by atoms with Gasteiger partial charge in [0.2, 0.25) is 0 Å². The molecule has 0 unspecified atom stereocenters. The molecule has 0 aromatic carbocycles. The summed E-state index contributed by atoms with van der Waals surface area (Å²) in [4.78, 5) is 0. The fourth-order valence-corrected chi connectivity index (χ4v) is 1.39. The van der Waals surface area contributed by atoms with E-state index < -0.39 is 10.1 Å². The first kappa shape index (κ1) is 15.4. The van der Waals surface area contributed by atoms with Crippen molar-refractivity contribution in [3.8, 4) is 0 Å². The van der Waals surface area contributed by atoms with E-state index in [2.05, 4.69) is 13.8 Å². The normalized spacial score (nSPS) is 11.3. The van der Waals surface area contributed by atoms with Gasteiger partial charge in [0, 0.05) is 5.75 Å². The van der Waals surface area contributed by atoms with Crippen molar-refractivity contribution in [3.63, 3.8) is 0 Å². The topological polar surface area (TPSA) is 57.2 Å². The zero-order chi connectivity index (χ0) is 8.91. The third kappa shape index (κ3) is 13.5. The molecule has 68 valence electrons. The van der Waals surface area contributed by atoms with Crippen LogP contribution in [0.15, 0.2) is 0 Å². The molecule has 0 heterocycles. The summed E-state index contributed by atoms with van der Waals surface area (Å²) in [5, 5.41) is 0. The van der Waals surface area contributed by atoms with E-state index in [-0.39, 0.29) is 35.3 Å². The van der Waals surface area contributed by atoms with Crippen LogP contribution in [0, 0.1) is 5.92 Å². The maximum Gasteiger partial charge on any atom is 1.00 e. The van der Waals surface area contributed by atoms with Crippen molar-refractivity contribution in [1.82, 2.24) is 0 Å². The Morgan fingerprint density at radius 2 is 1.75 bits per heavy atom. The van der Waals surface area contributed by atoms with Crippen LogP contribution in [0.4, 0.5) is 0 Å². The minimum Gasteiger partial charge on any atom is -0.748 e. The van der Waals surface area contributed by atoms with Crippen LogP contribution in [0.1, 0.15) is 33.1 Å². The van der Waals surface area contributed by atoms with Crippen molar-refractivity contribution in [2.75, 3.05) is 5.75 Å². The first-order valence-electron chi connectivity index (χ1n) is 3.85. The summed E-state index contributed by atoms with van der Waals surface area (Å²) in [6.07, 6.45) is 2.33. The van der Waals surface area contributed by atoms with Crippen molar-refractivity contribution in [2.45, 2.75) is 33.1 Å². The van der Waals surface area contributed by atoms with Crippen LogP contribution in [-0.2, 0) is 10.1 Å². The number of hydrogen-bond acceptors (Lipinski definition) is 3. The Labute approximate surface area is 97.0 Å². The Bertz CT molecular complexity index is 187. The van der Waals surface area contributed by atoms with E-state index >= 15 is 0 Å². The maximum atomic E-state index is 10.1. The second kappa shape index (κ2) is 7.33. The van der Waals surface area contributed by atoms with E-state index in [4.69, 9.17) is 0 Å². The number of hydrogen-bond donors (Lipinski definition) is 0. The molecule has 5 heteroatoms. The van der Waals surface area contributed by atoms with Crippen LogP contribution in [-0.4, -0.2) is 18.7 Å². The molecule has 0 aromatic heterocycles. The summed E-state index contributed by atoms with van der Waals surface area (Å²) in [7, 11) is -3.97. The average Bonchev–Trinajstić information content (AvgIpc) is 1.78. The Balaban J connectivity index is 0. The monoisotopic (exact) mass is 202 g/mol. The third-order valence-electron chi connectivity index (χ3n) is 1.43. The predicted molar refractivity (Wildman–Crippen MR) is 43.3 cm³/mol. The molecule has 0 aromatic rings. The van der Waals surface area contributed by atoms with Crippen molar-refractivity contribution in [2.24, 2.45) is 5.92 Å². The Hall–Kier alpha value is 0.910. The van der Waals surface area contributed by atoms with Crippen molar-refractivity contribution >= 4 is 10.1 Å². The van der Waals surface area contributed by atoms with Gasteiger partial charge in [0.15, 0.2) is 0 Å². The molecular formula is C7H15NaO3S. The quantitative estimate of drug-likeness (QED) is 0.305. The van der Waals surface area contributed by atoms with Gasteiger partial charge in [0.1, 0.15) is 0 Å². The SMILES string of the molecule is CC(C)CCCCS(=O)(=O)[O-].[Na+]. The van der Waals surface area contributed by atoms with Crippen molar-refractivity contribution < 1.29 is 42.5 Å². The zero-order valence-electron chi connectivity index (χ0n) is 8.04. The molecule has 0 atom stereocenters. The van der Waals surface area contributed by atoms with Crippen molar-refractivity contribution in [3.05, 3.63) is 0 Å². The molecule has 0 aliphatic carbocycles. The molecule has 0 radical (unpaired) electrons. The van der Waals surface area contributed by atoms with E-state index in [9.17, 15) is 13.0 Å². The van der Waals surface area contributed by atoms with Gasteiger partial charge in [-0.3, -0.25) is 0 Å². The number of rotatable bonds is 5. The van der Waals surface area contributed by atoms with Crippen LogP contribution >= 0.6 is 0 Å². The summed E-state index contributed by atoms with van der Waals surface area (Å²) in [6, 6.07) is 0. The minimum atomic E-state index is -3.97. The molecule has 0 aliphatic heterocycles. The van der Waals surface area contributed by atoms with Gasteiger partial charge in [-0.1, -0.05) is 26.7 Å². The molecule has 3 nitrogen and oxygen atoms in total. The summed E-state index contributed by atoms with van der Waals surface area (Å²) in [5.41, 5.74) is 0. The van der Waals surface area contributed by atoms with E-state index in [0.29, 0.717) is 12.3 Å². The third-order valence-corrected chi connectivity index (χ3v) is 2.21. The van der Waals surface area contributed by atoms with Gasteiger partial charge in [0.05, 0.1) is 10.1 Å². The van der Waals surface area contributed by atoms with Gasteiger partial charge in [-0.05, 0) is 12.3 Å². The first-order chi connectivity index (χ1) is 4.92. The molecule has 0 fully saturated rings. The molecule has 0 spiro atoms. The molecule has 0 aliphatic rings. The van der Waals surface area contributed by atoms with Gasteiger partial charge < -0.3 is 4.55 Å². The predicted octanol–water partition coefficient (Wildman–Crippen LogP) is -1.64. The van der Waals surface area contributed by atoms with Gasteiger partial charge in [-0.25, -0.2) is 8.42 Å². The molecule has 0 saturated carbocycles. The molecule has 0 rings (SSSR count). The molecule has 12 heavy (non-hydrogen) atoms. The smallest absolute Gasteiger partial charge is 0.748 e. The van der Waals surface area contributed by atoms with Gasteiger partial charge in [-0.15, -0.1) is 0 Å². The summed E-state index contributed by atoms with van der Waals surface area (Å²) in [6.45, 7) is 4.15. The first-order valence-corrected chi connectivity index (χ1v) is 5.43. The van der Waals surface area contributed by atoms with Crippen molar-refractivity contribution in [1.29, 1.82) is 0 Å². The van der Waals surface area contributed by atoms with Crippen LogP contribution in [0.5, 0.6) is 0 Å². The van der Waals surface area contributed by atoms with Crippen LogP contribution in [0.25, 0.3) is 0 Å². The average molecular weight is 202 g/mol. The second-order valence-corrected chi connectivity index (χ2v) is 4.68. The Morgan fingerprint density at radius 3 is 2.08 bits per heavy atom. The molecular weight excluding hydrogens is 187 g/mol. The molecule has 0 bridgehead atoms. The van der Waals surface area contributed by atoms with Gasteiger partial charge in [0.25, 0.3) is 0 Å². The molecule has 0 amide bonds. The Kier molecular flexibility index (Phi) is 9.39. The second-order valence-electron chi connectivity index (χ2n) is 3.15. The summed E-state index contributed by atoms with van der Waals surface area (Å²) >= 11 is 0. The fourth-order valence-electron chi connectivity index (χ4n) is 0.831.